The van der Waals surface area contributed by atoms with Crippen molar-refractivity contribution in [3.05, 3.63) is 83.3 Å². The van der Waals surface area contributed by atoms with Gasteiger partial charge in [-0.25, -0.2) is 4.98 Å². The highest BCUT2D eigenvalue weighted by molar-refractivity contribution is 7.99. The molecule has 1 saturated heterocycles. The number of benzene rings is 1. The molecule has 4 rings (SSSR count). The standard InChI is InChI=1S/C26H29ClN6O3S/c27-20-3-5-21(6-4-20)30-24(36)22-2-1-9-29-26(22)37-25(19-7-10-28-11-8-19)31-23(35)18-33-14-12-32(13-15-33)16-17-34/h1-11,25,34H,12-18H2,(H,30,36)(H,31,35). The molecule has 2 aromatic heterocycles. The number of halogens is 1. The Balaban J connectivity index is 1.45. The molecule has 3 heterocycles. The van der Waals surface area contributed by atoms with Gasteiger partial charge in [0.1, 0.15) is 10.4 Å². The zero-order chi connectivity index (χ0) is 26.0. The number of β-amino-alcohol motifs (C(OH)–C–C–N with tert-alkyl or cyclic N) is 1. The average molecular weight is 541 g/mol. The molecule has 3 aromatic rings. The van der Waals surface area contributed by atoms with E-state index in [4.69, 9.17) is 16.7 Å². The molecule has 0 radical (unpaired) electrons. The number of aromatic nitrogens is 2. The zero-order valence-electron chi connectivity index (χ0n) is 20.2. The quantitative estimate of drug-likeness (QED) is 0.266. The van der Waals surface area contributed by atoms with Crippen molar-refractivity contribution in [2.24, 2.45) is 0 Å². The summed E-state index contributed by atoms with van der Waals surface area (Å²) in [6.45, 7) is 4.21. The number of hydrogen-bond donors (Lipinski definition) is 3. The zero-order valence-corrected chi connectivity index (χ0v) is 21.8. The van der Waals surface area contributed by atoms with Gasteiger partial charge in [0.15, 0.2) is 0 Å². The Morgan fingerprint density at radius 3 is 2.41 bits per heavy atom. The molecule has 3 N–H and O–H groups in total. The Bertz CT molecular complexity index is 1180. The van der Waals surface area contributed by atoms with E-state index < -0.39 is 5.37 Å². The molecule has 0 bridgehead atoms. The molecule has 2 amide bonds. The van der Waals surface area contributed by atoms with Crippen molar-refractivity contribution in [1.82, 2.24) is 25.1 Å². The number of amides is 2. The van der Waals surface area contributed by atoms with Crippen LogP contribution in [0.15, 0.2) is 72.1 Å². The number of carbonyl (C=O) groups is 2. The first-order valence-corrected chi connectivity index (χ1v) is 13.2. The number of thioether (sulfide) groups is 1. The Labute approximate surface area is 225 Å². The number of pyridine rings is 2. The molecule has 1 atom stereocenters. The van der Waals surface area contributed by atoms with Crippen LogP contribution >= 0.6 is 23.4 Å². The van der Waals surface area contributed by atoms with Crippen LogP contribution in [0.25, 0.3) is 0 Å². The van der Waals surface area contributed by atoms with Gasteiger partial charge in [-0.15, -0.1) is 0 Å². The highest BCUT2D eigenvalue weighted by atomic mass is 35.5. The van der Waals surface area contributed by atoms with Crippen molar-refractivity contribution in [3.8, 4) is 0 Å². The van der Waals surface area contributed by atoms with Crippen molar-refractivity contribution < 1.29 is 14.7 Å². The van der Waals surface area contributed by atoms with Crippen LogP contribution in [-0.4, -0.2) is 82.6 Å². The molecular formula is C26H29ClN6O3S. The summed E-state index contributed by atoms with van der Waals surface area (Å²) in [5.41, 5.74) is 1.86. The third kappa shape index (κ3) is 7.98. The van der Waals surface area contributed by atoms with Crippen molar-refractivity contribution in [2.75, 3.05) is 51.2 Å². The van der Waals surface area contributed by atoms with Gasteiger partial charge in [0.05, 0.1) is 18.7 Å². The van der Waals surface area contributed by atoms with E-state index in [1.54, 1.807) is 55.0 Å². The monoisotopic (exact) mass is 540 g/mol. The summed E-state index contributed by atoms with van der Waals surface area (Å²) in [4.78, 5) is 38.9. The van der Waals surface area contributed by atoms with Gasteiger partial charge in [0, 0.05) is 62.0 Å². The lowest BCUT2D eigenvalue weighted by molar-refractivity contribution is -0.122. The maximum absolute atomic E-state index is 13.1. The summed E-state index contributed by atoms with van der Waals surface area (Å²) in [6.07, 6.45) is 4.96. The highest BCUT2D eigenvalue weighted by Crippen LogP contribution is 2.34. The van der Waals surface area contributed by atoms with E-state index in [1.807, 2.05) is 12.1 Å². The van der Waals surface area contributed by atoms with Crippen molar-refractivity contribution >= 4 is 40.9 Å². The predicted molar refractivity (Wildman–Crippen MR) is 145 cm³/mol. The lowest BCUT2D eigenvalue weighted by atomic mass is 10.2. The fourth-order valence-corrected chi connectivity index (χ4v) is 5.17. The number of piperazine rings is 1. The lowest BCUT2D eigenvalue weighted by Gasteiger charge is -2.34. The number of rotatable bonds is 10. The minimum Gasteiger partial charge on any atom is -0.395 e. The van der Waals surface area contributed by atoms with Gasteiger partial charge < -0.3 is 15.7 Å². The van der Waals surface area contributed by atoms with E-state index in [-0.39, 0.29) is 25.0 Å². The van der Waals surface area contributed by atoms with E-state index in [0.717, 1.165) is 31.7 Å². The molecule has 0 saturated carbocycles. The molecule has 0 aliphatic carbocycles. The van der Waals surface area contributed by atoms with E-state index >= 15 is 0 Å². The summed E-state index contributed by atoms with van der Waals surface area (Å²) in [7, 11) is 0. The number of aliphatic hydroxyl groups is 1. The van der Waals surface area contributed by atoms with Crippen LogP contribution < -0.4 is 10.6 Å². The number of nitrogens with zero attached hydrogens (tertiary/aromatic N) is 4. The maximum Gasteiger partial charge on any atom is 0.258 e. The van der Waals surface area contributed by atoms with Crippen molar-refractivity contribution in [2.45, 2.75) is 10.4 Å². The molecule has 37 heavy (non-hydrogen) atoms. The average Bonchev–Trinajstić information content (AvgIpc) is 2.91. The van der Waals surface area contributed by atoms with Crippen LogP contribution in [0.5, 0.6) is 0 Å². The molecule has 0 spiro atoms. The molecule has 11 heteroatoms. The van der Waals surface area contributed by atoms with E-state index in [1.165, 1.54) is 11.8 Å². The van der Waals surface area contributed by atoms with Gasteiger partial charge in [-0.3, -0.25) is 24.4 Å². The number of carbonyl (C=O) groups excluding carboxylic acids is 2. The minimum atomic E-state index is -0.469. The fraction of sp³-hybridized carbons (Fsp3) is 0.308. The summed E-state index contributed by atoms with van der Waals surface area (Å²) in [6, 6.07) is 14.0. The van der Waals surface area contributed by atoms with Crippen LogP contribution in [0.4, 0.5) is 5.69 Å². The molecule has 9 nitrogen and oxygen atoms in total. The summed E-state index contributed by atoms with van der Waals surface area (Å²) >= 11 is 7.25. The first kappa shape index (κ1) is 27.0. The first-order chi connectivity index (χ1) is 18.0. The molecular weight excluding hydrogens is 512 g/mol. The van der Waals surface area contributed by atoms with Gasteiger partial charge in [0.2, 0.25) is 5.91 Å². The minimum absolute atomic E-state index is 0.118. The van der Waals surface area contributed by atoms with Gasteiger partial charge in [-0.05, 0) is 54.1 Å². The first-order valence-electron chi connectivity index (χ1n) is 12.0. The Kier molecular flexibility index (Phi) is 9.86. The predicted octanol–water partition coefficient (Wildman–Crippen LogP) is 2.90. The number of aliphatic hydroxyl groups excluding tert-OH is 1. The largest absolute Gasteiger partial charge is 0.395 e. The Morgan fingerprint density at radius 1 is 1.00 bits per heavy atom. The number of anilines is 1. The Hall–Kier alpha value is -3.02. The van der Waals surface area contributed by atoms with Crippen LogP contribution in [-0.2, 0) is 4.79 Å². The second-order valence-electron chi connectivity index (χ2n) is 8.50. The third-order valence-electron chi connectivity index (χ3n) is 5.90. The van der Waals surface area contributed by atoms with Crippen LogP contribution in [0.3, 0.4) is 0 Å². The van der Waals surface area contributed by atoms with Crippen LogP contribution in [0.1, 0.15) is 21.3 Å². The van der Waals surface area contributed by atoms with E-state index in [9.17, 15) is 9.59 Å². The SMILES string of the molecule is O=C(CN1CCN(CCO)CC1)NC(Sc1ncccc1C(=O)Nc1ccc(Cl)cc1)c1ccncc1. The van der Waals surface area contributed by atoms with E-state index in [0.29, 0.717) is 27.8 Å². The molecule has 1 unspecified atom stereocenters. The molecule has 194 valence electrons. The van der Waals surface area contributed by atoms with E-state index in [2.05, 4.69) is 30.4 Å². The van der Waals surface area contributed by atoms with Crippen molar-refractivity contribution in [3.63, 3.8) is 0 Å². The molecule has 1 aliphatic heterocycles. The normalized spacial score (nSPS) is 15.2. The smallest absolute Gasteiger partial charge is 0.258 e. The second kappa shape index (κ2) is 13.5. The topological polar surface area (TPSA) is 111 Å². The summed E-state index contributed by atoms with van der Waals surface area (Å²) < 4.78 is 0. The van der Waals surface area contributed by atoms with Gasteiger partial charge in [-0.2, -0.15) is 0 Å². The summed E-state index contributed by atoms with van der Waals surface area (Å²) in [5.74, 6) is -0.425. The number of hydrogen-bond acceptors (Lipinski definition) is 8. The maximum atomic E-state index is 13.1. The lowest BCUT2D eigenvalue weighted by Crippen LogP contribution is -2.50. The molecule has 1 fully saturated rings. The van der Waals surface area contributed by atoms with Gasteiger partial charge in [-0.1, -0.05) is 23.4 Å². The Morgan fingerprint density at radius 2 is 1.70 bits per heavy atom. The van der Waals surface area contributed by atoms with Crippen LogP contribution in [0.2, 0.25) is 5.02 Å². The third-order valence-corrected chi connectivity index (χ3v) is 7.32. The highest BCUT2D eigenvalue weighted by Gasteiger charge is 2.23. The molecule has 1 aromatic carbocycles. The number of nitrogens with one attached hydrogen (secondary N) is 2. The van der Waals surface area contributed by atoms with Gasteiger partial charge in [0.25, 0.3) is 5.91 Å². The molecule has 1 aliphatic rings. The summed E-state index contributed by atoms with van der Waals surface area (Å²) in [5, 5.41) is 15.7. The fourth-order valence-electron chi connectivity index (χ4n) is 3.93. The van der Waals surface area contributed by atoms with Crippen LogP contribution in [0, 0.1) is 0 Å². The van der Waals surface area contributed by atoms with Crippen molar-refractivity contribution in [1.29, 1.82) is 0 Å². The van der Waals surface area contributed by atoms with Gasteiger partial charge >= 0.3 is 0 Å². The second-order valence-corrected chi connectivity index (χ2v) is 10.0.